The lowest BCUT2D eigenvalue weighted by Gasteiger charge is -2.31. The van der Waals surface area contributed by atoms with E-state index in [2.05, 4.69) is 15.9 Å². The van der Waals surface area contributed by atoms with Crippen LogP contribution >= 0.6 is 27.3 Å². The maximum atomic E-state index is 11.6. The number of hydrogen-bond donors (Lipinski definition) is 1. The third kappa shape index (κ3) is 3.35. The number of sulfone groups is 1. The van der Waals surface area contributed by atoms with Crippen molar-refractivity contribution in [2.75, 3.05) is 6.26 Å². The monoisotopic (exact) mass is 351 g/mol. The molecule has 0 saturated heterocycles. The van der Waals surface area contributed by atoms with Crippen molar-refractivity contribution in [2.45, 2.75) is 37.0 Å². The molecule has 0 aliphatic heterocycles. The van der Waals surface area contributed by atoms with Crippen LogP contribution in [0.1, 0.15) is 36.6 Å². The van der Waals surface area contributed by atoms with E-state index in [1.165, 1.54) is 6.26 Å². The van der Waals surface area contributed by atoms with Crippen LogP contribution in [0.4, 0.5) is 0 Å². The molecule has 3 unspecified atom stereocenters. The Morgan fingerprint density at radius 3 is 2.78 bits per heavy atom. The smallest absolute Gasteiger partial charge is 0.150 e. The van der Waals surface area contributed by atoms with Crippen LogP contribution in [0, 0.1) is 5.92 Å². The number of thiophene rings is 1. The van der Waals surface area contributed by atoms with E-state index >= 15 is 0 Å². The van der Waals surface area contributed by atoms with Gasteiger partial charge in [0.15, 0.2) is 0 Å². The maximum Gasteiger partial charge on any atom is 0.150 e. The van der Waals surface area contributed by atoms with Gasteiger partial charge in [0.05, 0.1) is 5.25 Å². The van der Waals surface area contributed by atoms with Crippen molar-refractivity contribution in [3.8, 4) is 0 Å². The highest BCUT2D eigenvalue weighted by molar-refractivity contribution is 9.10. The van der Waals surface area contributed by atoms with E-state index in [9.17, 15) is 8.42 Å². The summed E-state index contributed by atoms with van der Waals surface area (Å²) < 4.78 is 24.3. The summed E-state index contributed by atoms with van der Waals surface area (Å²) in [6.45, 7) is 0. The van der Waals surface area contributed by atoms with Crippen LogP contribution < -0.4 is 5.73 Å². The average Bonchev–Trinajstić information content (AvgIpc) is 2.74. The zero-order valence-corrected chi connectivity index (χ0v) is 13.5. The molecule has 6 heteroatoms. The zero-order valence-electron chi connectivity index (χ0n) is 10.3. The number of rotatable bonds is 3. The van der Waals surface area contributed by atoms with Crippen molar-refractivity contribution in [1.82, 2.24) is 0 Å². The molecule has 1 aromatic heterocycles. The Morgan fingerprint density at radius 1 is 1.50 bits per heavy atom. The highest BCUT2D eigenvalue weighted by Gasteiger charge is 2.32. The first-order valence-corrected chi connectivity index (χ1v) is 9.69. The molecule has 1 aromatic rings. The SMILES string of the molecule is CS(=O)(=O)C1CCCC(C(N)c2cc(Br)cs2)C1. The summed E-state index contributed by atoms with van der Waals surface area (Å²) in [7, 11) is -2.93. The second kappa shape index (κ2) is 5.61. The molecule has 1 aliphatic rings. The quantitative estimate of drug-likeness (QED) is 0.909. The van der Waals surface area contributed by atoms with Gasteiger partial charge in [-0.15, -0.1) is 11.3 Å². The Bertz CT molecular complexity index is 512. The van der Waals surface area contributed by atoms with Crippen molar-refractivity contribution >= 4 is 37.1 Å². The molecule has 18 heavy (non-hydrogen) atoms. The largest absolute Gasteiger partial charge is 0.323 e. The molecular formula is C12H18BrNO2S2. The Hall–Kier alpha value is 0.0900. The Balaban J connectivity index is 2.09. The third-order valence-corrected chi connectivity index (χ3v) is 7.13. The van der Waals surface area contributed by atoms with Crippen molar-refractivity contribution in [3.63, 3.8) is 0 Å². The van der Waals surface area contributed by atoms with Gasteiger partial charge in [0.1, 0.15) is 9.84 Å². The predicted molar refractivity (Wildman–Crippen MR) is 79.5 cm³/mol. The molecule has 2 rings (SSSR count). The predicted octanol–water partition coefficient (Wildman–Crippen LogP) is 3.11. The Morgan fingerprint density at radius 2 is 2.22 bits per heavy atom. The lowest BCUT2D eigenvalue weighted by molar-refractivity contribution is 0.311. The van der Waals surface area contributed by atoms with Gasteiger partial charge in [-0.3, -0.25) is 0 Å². The molecule has 0 aromatic carbocycles. The van der Waals surface area contributed by atoms with Crippen LogP contribution in [0.15, 0.2) is 15.9 Å². The van der Waals surface area contributed by atoms with Gasteiger partial charge in [0, 0.05) is 27.0 Å². The molecule has 0 radical (unpaired) electrons. The molecule has 1 saturated carbocycles. The molecular weight excluding hydrogens is 334 g/mol. The topological polar surface area (TPSA) is 60.2 Å². The summed E-state index contributed by atoms with van der Waals surface area (Å²) in [6.07, 6.45) is 4.82. The minimum Gasteiger partial charge on any atom is -0.323 e. The lowest BCUT2D eigenvalue weighted by atomic mass is 9.83. The van der Waals surface area contributed by atoms with Crippen LogP contribution in [0.25, 0.3) is 0 Å². The highest BCUT2D eigenvalue weighted by Crippen LogP contribution is 2.37. The summed E-state index contributed by atoms with van der Waals surface area (Å²) >= 11 is 5.07. The first-order chi connectivity index (χ1) is 8.38. The molecule has 102 valence electrons. The van der Waals surface area contributed by atoms with Crippen molar-refractivity contribution in [1.29, 1.82) is 0 Å². The second-order valence-electron chi connectivity index (χ2n) is 5.07. The standard InChI is InChI=1S/C12H18BrNO2S2/c1-18(15,16)10-4-2-3-8(5-10)12(14)11-6-9(13)7-17-11/h6-8,10,12H,2-5,14H2,1H3. The molecule has 0 spiro atoms. The molecule has 3 nitrogen and oxygen atoms in total. The molecule has 1 fully saturated rings. The Labute approximate surface area is 121 Å². The molecule has 1 aliphatic carbocycles. The molecule has 0 amide bonds. The van der Waals surface area contributed by atoms with E-state index in [-0.39, 0.29) is 17.2 Å². The molecule has 3 atom stereocenters. The summed E-state index contributed by atoms with van der Waals surface area (Å²) in [6, 6.07) is 2.00. The van der Waals surface area contributed by atoms with E-state index in [4.69, 9.17) is 5.73 Å². The van der Waals surface area contributed by atoms with Crippen LogP contribution in [-0.4, -0.2) is 19.9 Å². The van der Waals surface area contributed by atoms with Crippen LogP contribution in [0.2, 0.25) is 0 Å². The Kier molecular flexibility index (Phi) is 4.52. The summed E-state index contributed by atoms with van der Waals surface area (Å²) in [4.78, 5) is 1.14. The third-order valence-electron chi connectivity index (χ3n) is 3.70. The normalized spacial score (nSPS) is 27.1. The van der Waals surface area contributed by atoms with E-state index in [0.29, 0.717) is 6.42 Å². The minimum atomic E-state index is -2.93. The second-order valence-corrected chi connectivity index (χ2v) is 9.26. The van der Waals surface area contributed by atoms with E-state index in [1.54, 1.807) is 11.3 Å². The molecule has 2 N–H and O–H groups in total. The van der Waals surface area contributed by atoms with E-state index < -0.39 is 9.84 Å². The maximum absolute atomic E-state index is 11.6. The van der Waals surface area contributed by atoms with Crippen molar-refractivity contribution in [2.24, 2.45) is 11.7 Å². The fraction of sp³-hybridized carbons (Fsp3) is 0.667. The van der Waals surface area contributed by atoms with Gasteiger partial charge < -0.3 is 5.73 Å². The summed E-state index contributed by atoms with van der Waals surface area (Å²) in [5.74, 6) is 0.282. The van der Waals surface area contributed by atoms with Gasteiger partial charge in [-0.05, 0) is 47.2 Å². The van der Waals surface area contributed by atoms with E-state index in [0.717, 1.165) is 28.6 Å². The van der Waals surface area contributed by atoms with Crippen molar-refractivity contribution < 1.29 is 8.42 Å². The molecule has 0 bridgehead atoms. The van der Waals surface area contributed by atoms with Gasteiger partial charge in [-0.25, -0.2) is 8.42 Å². The number of hydrogen-bond acceptors (Lipinski definition) is 4. The number of nitrogens with two attached hydrogens (primary N) is 1. The first-order valence-electron chi connectivity index (χ1n) is 6.06. The first kappa shape index (κ1) is 14.5. The van der Waals surface area contributed by atoms with Gasteiger partial charge in [0.25, 0.3) is 0 Å². The average molecular weight is 352 g/mol. The van der Waals surface area contributed by atoms with Gasteiger partial charge >= 0.3 is 0 Å². The van der Waals surface area contributed by atoms with Gasteiger partial charge in [0.2, 0.25) is 0 Å². The van der Waals surface area contributed by atoms with Gasteiger partial charge in [-0.1, -0.05) is 6.42 Å². The summed E-state index contributed by atoms with van der Waals surface area (Å²) in [5, 5.41) is 1.82. The summed E-state index contributed by atoms with van der Waals surface area (Å²) in [5.41, 5.74) is 6.28. The number of halogens is 1. The van der Waals surface area contributed by atoms with Crippen LogP contribution in [-0.2, 0) is 9.84 Å². The highest BCUT2D eigenvalue weighted by atomic mass is 79.9. The fourth-order valence-electron chi connectivity index (χ4n) is 2.63. The van der Waals surface area contributed by atoms with Crippen molar-refractivity contribution in [3.05, 3.63) is 20.8 Å². The van der Waals surface area contributed by atoms with Gasteiger partial charge in [-0.2, -0.15) is 0 Å². The minimum absolute atomic E-state index is 0.0363. The van der Waals surface area contributed by atoms with E-state index in [1.807, 2.05) is 11.4 Å². The van der Waals surface area contributed by atoms with Crippen LogP contribution in [0.5, 0.6) is 0 Å². The zero-order chi connectivity index (χ0) is 13.3. The molecule has 1 heterocycles. The lowest BCUT2D eigenvalue weighted by Crippen LogP contribution is -2.32. The fourth-order valence-corrected chi connectivity index (χ4v) is 5.36. The van der Waals surface area contributed by atoms with Crippen LogP contribution in [0.3, 0.4) is 0 Å².